The van der Waals surface area contributed by atoms with Gasteiger partial charge in [0.2, 0.25) is 0 Å². The molecule has 0 saturated heterocycles. The second-order valence-corrected chi connectivity index (χ2v) is 3.59. The Morgan fingerprint density at radius 1 is 1.44 bits per heavy atom. The summed E-state index contributed by atoms with van der Waals surface area (Å²) in [4.78, 5) is 22.0. The van der Waals surface area contributed by atoms with Crippen LogP contribution in [0, 0.1) is 6.92 Å². The summed E-state index contributed by atoms with van der Waals surface area (Å²) in [6.45, 7) is 4.06. The van der Waals surface area contributed by atoms with Gasteiger partial charge in [0.05, 0.1) is 12.2 Å². The molecule has 0 heterocycles. The molecule has 0 aliphatic rings. The van der Waals surface area contributed by atoms with E-state index < -0.39 is 0 Å². The standard InChI is InChI=1S/C13H16O3/c1-3-16-13(15)12-9-10(2)6-7-11(12)5-4-8-14/h6-9H,3-5H2,1-2H3. The van der Waals surface area contributed by atoms with Gasteiger partial charge in [-0.15, -0.1) is 0 Å². The van der Waals surface area contributed by atoms with Gasteiger partial charge in [0.15, 0.2) is 0 Å². The lowest BCUT2D eigenvalue weighted by Gasteiger charge is -2.08. The normalized spacial score (nSPS) is 9.88. The van der Waals surface area contributed by atoms with Crippen LogP contribution in [-0.4, -0.2) is 18.9 Å². The van der Waals surface area contributed by atoms with E-state index >= 15 is 0 Å². The second-order valence-electron chi connectivity index (χ2n) is 3.59. The van der Waals surface area contributed by atoms with Crippen LogP contribution in [0.5, 0.6) is 0 Å². The first kappa shape index (κ1) is 12.4. The smallest absolute Gasteiger partial charge is 0.338 e. The van der Waals surface area contributed by atoms with E-state index in [0.29, 0.717) is 25.0 Å². The summed E-state index contributed by atoms with van der Waals surface area (Å²) in [7, 11) is 0. The first-order valence-corrected chi connectivity index (χ1v) is 5.39. The summed E-state index contributed by atoms with van der Waals surface area (Å²) >= 11 is 0. The number of carbonyl (C=O) groups excluding carboxylic acids is 2. The molecule has 16 heavy (non-hydrogen) atoms. The van der Waals surface area contributed by atoms with Gasteiger partial charge < -0.3 is 9.53 Å². The third kappa shape index (κ3) is 3.19. The summed E-state index contributed by atoms with van der Waals surface area (Å²) in [5.41, 5.74) is 2.46. The van der Waals surface area contributed by atoms with Gasteiger partial charge in [0.25, 0.3) is 0 Å². The molecule has 1 aromatic carbocycles. The lowest BCUT2D eigenvalue weighted by atomic mass is 10.0. The predicted octanol–water partition coefficient (Wildman–Crippen LogP) is 2.30. The van der Waals surface area contributed by atoms with Gasteiger partial charge in [0.1, 0.15) is 6.29 Å². The molecule has 0 aliphatic carbocycles. The fourth-order valence-corrected chi connectivity index (χ4v) is 1.52. The Bertz CT molecular complexity index is 383. The number of rotatable bonds is 5. The molecule has 3 nitrogen and oxygen atoms in total. The number of hydrogen-bond donors (Lipinski definition) is 0. The van der Waals surface area contributed by atoms with Crippen molar-refractivity contribution in [1.82, 2.24) is 0 Å². The Hall–Kier alpha value is -1.64. The van der Waals surface area contributed by atoms with Gasteiger partial charge >= 0.3 is 5.97 Å². The van der Waals surface area contributed by atoms with Gasteiger partial charge in [-0.25, -0.2) is 4.79 Å². The average Bonchev–Trinajstić information content (AvgIpc) is 2.27. The summed E-state index contributed by atoms with van der Waals surface area (Å²) in [5, 5.41) is 0. The van der Waals surface area contributed by atoms with E-state index in [1.807, 2.05) is 19.1 Å². The van der Waals surface area contributed by atoms with Crippen LogP contribution < -0.4 is 0 Å². The highest BCUT2D eigenvalue weighted by atomic mass is 16.5. The number of esters is 1. The van der Waals surface area contributed by atoms with Gasteiger partial charge in [0, 0.05) is 6.42 Å². The summed E-state index contributed by atoms with van der Waals surface area (Å²) in [6, 6.07) is 5.62. The van der Waals surface area contributed by atoms with Crippen LogP contribution in [0.4, 0.5) is 0 Å². The maximum atomic E-state index is 11.7. The van der Waals surface area contributed by atoms with Gasteiger partial charge in [-0.05, 0) is 31.9 Å². The SMILES string of the molecule is CCOC(=O)c1cc(C)ccc1CCC=O. The zero-order valence-corrected chi connectivity index (χ0v) is 9.66. The van der Waals surface area contributed by atoms with Crippen molar-refractivity contribution in [2.75, 3.05) is 6.61 Å². The summed E-state index contributed by atoms with van der Waals surface area (Å²) in [5.74, 6) is -0.313. The number of hydrogen-bond acceptors (Lipinski definition) is 3. The molecule has 1 rings (SSSR count). The number of aldehydes is 1. The molecular formula is C13H16O3. The van der Waals surface area contributed by atoms with Crippen LogP contribution in [0.2, 0.25) is 0 Å². The Labute approximate surface area is 95.4 Å². The van der Waals surface area contributed by atoms with Crippen molar-refractivity contribution in [2.24, 2.45) is 0 Å². The van der Waals surface area contributed by atoms with Gasteiger partial charge in [-0.2, -0.15) is 0 Å². The maximum Gasteiger partial charge on any atom is 0.338 e. The Balaban J connectivity index is 2.97. The van der Waals surface area contributed by atoms with Gasteiger partial charge in [-0.1, -0.05) is 17.7 Å². The molecule has 0 saturated carbocycles. The first-order chi connectivity index (χ1) is 7.69. The largest absolute Gasteiger partial charge is 0.462 e. The molecule has 0 bridgehead atoms. The van der Waals surface area contributed by atoms with E-state index in [1.54, 1.807) is 13.0 Å². The van der Waals surface area contributed by atoms with Crippen molar-refractivity contribution in [2.45, 2.75) is 26.7 Å². The van der Waals surface area contributed by atoms with Crippen LogP contribution in [0.15, 0.2) is 18.2 Å². The van der Waals surface area contributed by atoms with Crippen molar-refractivity contribution < 1.29 is 14.3 Å². The van der Waals surface area contributed by atoms with Crippen molar-refractivity contribution in [3.8, 4) is 0 Å². The monoisotopic (exact) mass is 220 g/mol. The minimum Gasteiger partial charge on any atom is -0.462 e. The van der Waals surface area contributed by atoms with Crippen molar-refractivity contribution in [3.63, 3.8) is 0 Å². The third-order valence-corrected chi connectivity index (χ3v) is 2.29. The molecule has 0 fully saturated rings. The van der Waals surface area contributed by atoms with E-state index in [4.69, 9.17) is 4.74 Å². The van der Waals surface area contributed by atoms with Crippen LogP contribution in [0.3, 0.4) is 0 Å². The molecule has 0 atom stereocenters. The second kappa shape index (κ2) is 6.05. The van der Waals surface area contributed by atoms with Gasteiger partial charge in [-0.3, -0.25) is 0 Å². The van der Waals surface area contributed by atoms with Crippen molar-refractivity contribution in [1.29, 1.82) is 0 Å². The Morgan fingerprint density at radius 2 is 2.19 bits per heavy atom. The zero-order chi connectivity index (χ0) is 12.0. The van der Waals surface area contributed by atoms with E-state index in [1.165, 1.54) is 0 Å². The lowest BCUT2D eigenvalue weighted by molar-refractivity contribution is -0.107. The van der Waals surface area contributed by atoms with Crippen LogP contribution >= 0.6 is 0 Å². The molecule has 0 aliphatic heterocycles. The Kier molecular flexibility index (Phi) is 4.70. The predicted molar refractivity (Wildman–Crippen MR) is 61.5 cm³/mol. The minimum atomic E-state index is -0.313. The average molecular weight is 220 g/mol. The summed E-state index contributed by atoms with van der Waals surface area (Å²) in [6.07, 6.45) is 1.86. The molecule has 86 valence electrons. The van der Waals surface area contributed by atoms with E-state index in [0.717, 1.165) is 17.4 Å². The highest BCUT2D eigenvalue weighted by Crippen LogP contribution is 2.14. The highest BCUT2D eigenvalue weighted by molar-refractivity contribution is 5.91. The van der Waals surface area contributed by atoms with Crippen LogP contribution in [-0.2, 0) is 16.0 Å². The quantitative estimate of drug-likeness (QED) is 0.565. The molecule has 0 amide bonds. The number of benzene rings is 1. The lowest BCUT2D eigenvalue weighted by Crippen LogP contribution is -2.08. The first-order valence-electron chi connectivity index (χ1n) is 5.39. The van der Waals surface area contributed by atoms with Crippen LogP contribution in [0.25, 0.3) is 0 Å². The molecule has 0 aromatic heterocycles. The number of carbonyl (C=O) groups is 2. The Morgan fingerprint density at radius 3 is 2.81 bits per heavy atom. The van der Waals surface area contributed by atoms with Crippen molar-refractivity contribution in [3.05, 3.63) is 34.9 Å². The summed E-state index contributed by atoms with van der Waals surface area (Å²) < 4.78 is 4.98. The minimum absolute atomic E-state index is 0.313. The number of ether oxygens (including phenoxy) is 1. The van der Waals surface area contributed by atoms with E-state index in [2.05, 4.69) is 0 Å². The molecular weight excluding hydrogens is 204 g/mol. The molecule has 1 aromatic rings. The zero-order valence-electron chi connectivity index (χ0n) is 9.66. The van der Waals surface area contributed by atoms with E-state index in [9.17, 15) is 9.59 Å². The fourth-order valence-electron chi connectivity index (χ4n) is 1.52. The highest BCUT2D eigenvalue weighted by Gasteiger charge is 2.12. The van der Waals surface area contributed by atoms with Crippen molar-refractivity contribution >= 4 is 12.3 Å². The fraction of sp³-hybridized carbons (Fsp3) is 0.385. The third-order valence-electron chi connectivity index (χ3n) is 2.29. The molecule has 0 radical (unpaired) electrons. The molecule has 3 heteroatoms. The molecule has 0 spiro atoms. The van der Waals surface area contributed by atoms with E-state index in [-0.39, 0.29) is 5.97 Å². The molecule has 0 N–H and O–H groups in total. The number of aryl methyl sites for hydroxylation is 2. The topological polar surface area (TPSA) is 43.4 Å². The maximum absolute atomic E-state index is 11.7. The molecule has 0 unspecified atom stereocenters. The van der Waals surface area contributed by atoms with Crippen LogP contribution in [0.1, 0.15) is 34.8 Å².